The topological polar surface area (TPSA) is 74.1 Å². The van der Waals surface area contributed by atoms with E-state index < -0.39 is 5.43 Å². The molecule has 31 heavy (non-hydrogen) atoms. The number of ketones is 1. The van der Waals surface area contributed by atoms with E-state index in [2.05, 4.69) is 9.97 Å². The summed E-state index contributed by atoms with van der Waals surface area (Å²) < 4.78 is 7.08. The minimum atomic E-state index is -0.394. The highest BCUT2D eigenvalue weighted by Gasteiger charge is 2.19. The fourth-order valence-electron chi connectivity index (χ4n) is 3.59. The summed E-state index contributed by atoms with van der Waals surface area (Å²) in [5.41, 5.74) is 3.58. The van der Waals surface area contributed by atoms with E-state index in [-0.39, 0.29) is 16.9 Å². The van der Waals surface area contributed by atoms with E-state index in [1.54, 1.807) is 37.6 Å². The molecule has 0 saturated heterocycles. The Labute approximate surface area is 181 Å². The standard InChI is InChI=1S/C24H20BN3O3/c1-14-11-16(8-10-20(14)31-3)23(29)18-13-28(12-17-5-4-6-21(25)27-17)19-9-7-15(2)26-22(19)24(18)30/h4-11,13H,12H2,1-3H3. The second-order valence-electron chi connectivity index (χ2n) is 7.39. The first kappa shape index (κ1) is 20.5. The van der Waals surface area contributed by atoms with Crippen LogP contribution < -0.4 is 15.8 Å². The van der Waals surface area contributed by atoms with E-state index in [0.717, 1.165) is 5.56 Å². The molecular formula is C24H20BN3O3. The van der Waals surface area contributed by atoms with Crippen molar-refractivity contribution in [1.29, 1.82) is 0 Å². The van der Waals surface area contributed by atoms with Gasteiger partial charge >= 0.3 is 0 Å². The molecule has 6 nitrogen and oxygen atoms in total. The van der Waals surface area contributed by atoms with Gasteiger partial charge in [0.15, 0.2) is 5.78 Å². The van der Waals surface area contributed by atoms with E-state index in [9.17, 15) is 9.59 Å². The van der Waals surface area contributed by atoms with Crippen LogP contribution in [-0.2, 0) is 6.54 Å². The lowest BCUT2D eigenvalue weighted by molar-refractivity contribution is 0.103. The molecule has 0 unspecified atom stereocenters. The second kappa shape index (κ2) is 8.18. The van der Waals surface area contributed by atoms with Gasteiger partial charge in [0.05, 0.1) is 30.4 Å². The predicted octanol–water partition coefficient (Wildman–Crippen LogP) is 2.49. The zero-order valence-electron chi connectivity index (χ0n) is 17.5. The molecule has 7 heteroatoms. The first-order valence-corrected chi connectivity index (χ1v) is 9.79. The number of hydrogen-bond donors (Lipinski definition) is 0. The molecule has 0 aliphatic heterocycles. The normalized spacial score (nSPS) is 10.9. The van der Waals surface area contributed by atoms with Gasteiger partial charge in [-0.1, -0.05) is 12.1 Å². The van der Waals surface area contributed by atoms with Crippen molar-refractivity contribution in [2.75, 3.05) is 7.11 Å². The Balaban J connectivity index is 1.89. The summed E-state index contributed by atoms with van der Waals surface area (Å²) in [7, 11) is 7.39. The molecule has 3 heterocycles. The fraction of sp³-hybridized carbons (Fsp3) is 0.167. The van der Waals surface area contributed by atoms with Crippen molar-refractivity contribution in [3.05, 3.63) is 93.0 Å². The minimum Gasteiger partial charge on any atom is -0.496 e. The van der Waals surface area contributed by atoms with Crippen LogP contribution in [0.25, 0.3) is 11.0 Å². The number of fused-ring (bicyclic) bond motifs is 1. The summed E-state index contributed by atoms with van der Waals surface area (Å²) in [5.74, 6) is 0.313. The van der Waals surface area contributed by atoms with Crippen molar-refractivity contribution in [3.8, 4) is 5.75 Å². The first-order chi connectivity index (χ1) is 14.9. The smallest absolute Gasteiger partial charge is 0.218 e. The lowest BCUT2D eigenvalue weighted by Crippen LogP contribution is -2.22. The Hall–Kier alpha value is -3.74. The van der Waals surface area contributed by atoms with Gasteiger partial charge in [-0.05, 0) is 61.4 Å². The highest BCUT2D eigenvalue weighted by atomic mass is 16.5. The number of aryl methyl sites for hydroxylation is 2. The van der Waals surface area contributed by atoms with Gasteiger partial charge in [0.2, 0.25) is 5.43 Å². The number of pyridine rings is 3. The van der Waals surface area contributed by atoms with E-state index in [1.807, 2.05) is 42.7 Å². The van der Waals surface area contributed by atoms with E-state index in [4.69, 9.17) is 12.6 Å². The highest BCUT2D eigenvalue weighted by molar-refractivity contribution is 6.30. The van der Waals surface area contributed by atoms with E-state index in [1.165, 1.54) is 0 Å². The van der Waals surface area contributed by atoms with Crippen molar-refractivity contribution in [3.63, 3.8) is 0 Å². The van der Waals surface area contributed by atoms with Crippen LogP contribution in [0.5, 0.6) is 5.75 Å². The highest BCUT2D eigenvalue weighted by Crippen LogP contribution is 2.21. The van der Waals surface area contributed by atoms with Gasteiger partial charge in [-0.15, -0.1) is 0 Å². The van der Waals surface area contributed by atoms with Crippen LogP contribution in [0.2, 0.25) is 0 Å². The third-order valence-corrected chi connectivity index (χ3v) is 5.13. The van der Waals surface area contributed by atoms with Crippen molar-refractivity contribution in [2.45, 2.75) is 20.4 Å². The summed E-state index contributed by atoms with van der Waals surface area (Å²) in [4.78, 5) is 35.3. The Morgan fingerprint density at radius 2 is 1.90 bits per heavy atom. The molecule has 0 N–H and O–H groups in total. The van der Waals surface area contributed by atoms with Crippen LogP contribution in [0.4, 0.5) is 0 Å². The quantitative estimate of drug-likeness (QED) is 0.374. The van der Waals surface area contributed by atoms with Gasteiger partial charge in [0.1, 0.15) is 19.1 Å². The van der Waals surface area contributed by atoms with Gasteiger partial charge in [-0.2, -0.15) is 0 Å². The summed E-state index contributed by atoms with van der Waals surface area (Å²) >= 11 is 0. The van der Waals surface area contributed by atoms with Gasteiger partial charge in [-0.3, -0.25) is 14.6 Å². The molecule has 0 aliphatic rings. The number of carbonyl (C=O) groups is 1. The van der Waals surface area contributed by atoms with Crippen molar-refractivity contribution in [1.82, 2.24) is 14.5 Å². The molecule has 0 spiro atoms. The second-order valence-corrected chi connectivity index (χ2v) is 7.39. The van der Waals surface area contributed by atoms with Gasteiger partial charge < -0.3 is 9.30 Å². The number of methoxy groups -OCH3 is 1. The Morgan fingerprint density at radius 3 is 2.61 bits per heavy atom. The van der Waals surface area contributed by atoms with Crippen molar-refractivity contribution in [2.24, 2.45) is 0 Å². The van der Waals surface area contributed by atoms with Crippen molar-refractivity contribution < 1.29 is 9.53 Å². The number of ether oxygens (including phenoxy) is 1. The Morgan fingerprint density at radius 1 is 1.10 bits per heavy atom. The third kappa shape index (κ3) is 3.99. The molecule has 1 aromatic carbocycles. The molecule has 0 fully saturated rings. The van der Waals surface area contributed by atoms with E-state index in [0.29, 0.717) is 40.4 Å². The molecule has 0 saturated carbocycles. The van der Waals surface area contributed by atoms with Crippen LogP contribution >= 0.6 is 0 Å². The monoisotopic (exact) mass is 409 g/mol. The molecule has 0 amide bonds. The summed E-state index contributed by atoms with van der Waals surface area (Å²) in [6, 6.07) is 14.1. The number of nitrogens with zero attached hydrogens (tertiary/aromatic N) is 3. The molecule has 0 aliphatic carbocycles. The number of hydrogen-bond acceptors (Lipinski definition) is 5. The van der Waals surface area contributed by atoms with Crippen molar-refractivity contribution >= 4 is 30.3 Å². The van der Waals surface area contributed by atoms with Crippen LogP contribution in [-0.4, -0.2) is 35.3 Å². The molecule has 0 atom stereocenters. The van der Waals surface area contributed by atoms with Crippen LogP contribution in [0.3, 0.4) is 0 Å². The molecule has 152 valence electrons. The third-order valence-electron chi connectivity index (χ3n) is 5.13. The number of carbonyl (C=O) groups excluding carboxylic acids is 1. The minimum absolute atomic E-state index is 0.0547. The zero-order valence-corrected chi connectivity index (χ0v) is 17.5. The van der Waals surface area contributed by atoms with Gasteiger partial charge in [0.25, 0.3) is 0 Å². The fourth-order valence-corrected chi connectivity index (χ4v) is 3.59. The van der Waals surface area contributed by atoms with Gasteiger partial charge in [0, 0.05) is 17.5 Å². The molecule has 3 aromatic heterocycles. The molecule has 4 aromatic rings. The number of rotatable bonds is 5. The molecule has 4 rings (SSSR count). The summed E-state index contributed by atoms with van der Waals surface area (Å²) in [6.07, 6.45) is 1.58. The average Bonchev–Trinajstić information content (AvgIpc) is 2.75. The van der Waals surface area contributed by atoms with Gasteiger partial charge in [-0.25, -0.2) is 4.98 Å². The van der Waals surface area contributed by atoms with E-state index >= 15 is 0 Å². The maximum atomic E-state index is 13.3. The van der Waals surface area contributed by atoms with Crippen LogP contribution in [0.15, 0.2) is 59.5 Å². The summed E-state index contributed by atoms with van der Waals surface area (Å²) in [5, 5.41) is 0. The molecule has 2 radical (unpaired) electrons. The lowest BCUT2D eigenvalue weighted by atomic mass is 10.0. The maximum absolute atomic E-state index is 13.3. The maximum Gasteiger partial charge on any atom is 0.218 e. The first-order valence-electron chi connectivity index (χ1n) is 9.79. The predicted molar refractivity (Wildman–Crippen MR) is 121 cm³/mol. The van der Waals surface area contributed by atoms with Crippen LogP contribution in [0.1, 0.15) is 32.9 Å². The Kier molecular flexibility index (Phi) is 5.42. The largest absolute Gasteiger partial charge is 0.496 e. The lowest BCUT2D eigenvalue weighted by Gasteiger charge is -2.14. The molecular weight excluding hydrogens is 389 g/mol. The zero-order chi connectivity index (χ0) is 22.1. The van der Waals surface area contributed by atoms with Crippen LogP contribution in [0, 0.1) is 13.8 Å². The number of aromatic nitrogens is 3. The Bertz CT molecular complexity index is 1380. The summed E-state index contributed by atoms with van der Waals surface area (Å²) in [6.45, 7) is 4.00. The number of benzene rings is 1. The average molecular weight is 409 g/mol. The SMILES string of the molecule is [B]c1cccc(Cn2cc(C(=O)c3ccc(OC)c(C)c3)c(=O)c3nc(C)ccc32)n1. The molecule has 0 bridgehead atoms.